The Labute approximate surface area is 230 Å². The van der Waals surface area contributed by atoms with Gasteiger partial charge in [0.2, 0.25) is 5.82 Å². The summed E-state index contributed by atoms with van der Waals surface area (Å²) >= 11 is 0. The maximum absolute atomic E-state index is 12.9. The number of rotatable bonds is 7. The van der Waals surface area contributed by atoms with Crippen molar-refractivity contribution < 1.29 is 27.1 Å². The fraction of sp³-hybridized carbons (Fsp3) is 0.500. The Kier molecular flexibility index (Phi) is 8.41. The Bertz CT molecular complexity index is 1280. The lowest BCUT2D eigenvalue weighted by Gasteiger charge is -2.38. The van der Waals surface area contributed by atoms with E-state index in [0.29, 0.717) is 35.0 Å². The quantitative estimate of drug-likeness (QED) is 0.334. The minimum atomic E-state index is -4.54. The van der Waals surface area contributed by atoms with E-state index in [-0.39, 0.29) is 6.04 Å². The zero-order chi connectivity index (χ0) is 28.1. The highest BCUT2D eigenvalue weighted by Crippen LogP contribution is 2.36. The summed E-state index contributed by atoms with van der Waals surface area (Å²) in [6.07, 6.45) is 6.64. The number of nitrogens with one attached hydrogen (secondary N) is 2. The average Bonchev–Trinajstić information content (AvgIpc) is 3.42. The number of amides is 1. The zero-order valence-corrected chi connectivity index (χ0v) is 22.3. The molecule has 1 aliphatic carbocycles. The van der Waals surface area contributed by atoms with E-state index in [1.54, 1.807) is 18.3 Å². The van der Waals surface area contributed by atoms with Crippen molar-refractivity contribution in [3.63, 3.8) is 0 Å². The highest BCUT2D eigenvalue weighted by Gasteiger charge is 2.35. The van der Waals surface area contributed by atoms with E-state index in [0.717, 1.165) is 57.2 Å². The van der Waals surface area contributed by atoms with Gasteiger partial charge in [0.15, 0.2) is 5.76 Å². The van der Waals surface area contributed by atoms with Gasteiger partial charge < -0.3 is 19.4 Å². The standard InChI is InChI=1S/C28H33F3N6O3/c1-39-27(38)35-21-9-4-8-20(13-21)24-16-34-26(40-24)36-23-10-3-2-7-19(23)12-18-6-5-11-37(17-18)22-14-32-25(33-15-22)28(29,30)31/h4,8-9,13-16,18-19,23H,2-3,5-7,10-12,17H2,1H3,(H,34,36)(H,35,38)/t18-,19+,23-/m1/s1. The topological polar surface area (TPSA) is 105 Å². The van der Waals surface area contributed by atoms with Crippen molar-refractivity contribution in [1.29, 1.82) is 0 Å². The van der Waals surface area contributed by atoms with E-state index in [4.69, 9.17) is 4.42 Å². The molecule has 3 atom stereocenters. The third kappa shape index (κ3) is 6.83. The molecule has 2 aliphatic rings. The van der Waals surface area contributed by atoms with Crippen molar-refractivity contribution in [2.24, 2.45) is 11.8 Å². The lowest BCUT2D eigenvalue weighted by atomic mass is 9.77. The summed E-state index contributed by atoms with van der Waals surface area (Å²) in [6.45, 7) is 1.56. The van der Waals surface area contributed by atoms with Gasteiger partial charge in [-0.05, 0) is 56.1 Å². The second-order valence-electron chi connectivity index (χ2n) is 10.5. The minimum Gasteiger partial charge on any atom is -0.453 e. The predicted molar refractivity (Wildman–Crippen MR) is 144 cm³/mol. The van der Waals surface area contributed by atoms with Crippen LogP contribution in [-0.4, -0.2) is 47.3 Å². The molecule has 2 aromatic heterocycles. The number of alkyl halides is 3. The van der Waals surface area contributed by atoms with Gasteiger partial charge in [-0.1, -0.05) is 25.0 Å². The van der Waals surface area contributed by atoms with E-state index in [2.05, 4.69) is 35.2 Å². The molecule has 0 spiro atoms. The number of methoxy groups -OCH3 is 1. The van der Waals surface area contributed by atoms with Gasteiger partial charge in [0.25, 0.3) is 6.01 Å². The monoisotopic (exact) mass is 558 g/mol. The second kappa shape index (κ2) is 12.1. The van der Waals surface area contributed by atoms with Crippen LogP contribution in [0.1, 0.15) is 50.8 Å². The molecule has 0 radical (unpaired) electrons. The van der Waals surface area contributed by atoms with Gasteiger partial charge in [-0.3, -0.25) is 5.32 Å². The third-order valence-electron chi connectivity index (χ3n) is 7.71. The molecule has 40 heavy (non-hydrogen) atoms. The van der Waals surface area contributed by atoms with Gasteiger partial charge >= 0.3 is 12.3 Å². The molecule has 2 fully saturated rings. The van der Waals surface area contributed by atoms with Crippen LogP contribution in [0.5, 0.6) is 0 Å². The summed E-state index contributed by atoms with van der Waals surface area (Å²) in [5, 5.41) is 6.17. The first-order chi connectivity index (χ1) is 19.3. The molecule has 2 N–H and O–H groups in total. The van der Waals surface area contributed by atoms with Crippen LogP contribution in [0.4, 0.5) is 35.4 Å². The predicted octanol–water partition coefficient (Wildman–Crippen LogP) is 6.61. The highest BCUT2D eigenvalue weighted by atomic mass is 19.4. The van der Waals surface area contributed by atoms with Crippen molar-refractivity contribution in [3.05, 3.63) is 48.7 Å². The van der Waals surface area contributed by atoms with Gasteiger partial charge in [-0.15, -0.1) is 0 Å². The Morgan fingerprint density at radius 3 is 2.67 bits per heavy atom. The van der Waals surface area contributed by atoms with Crippen LogP contribution in [0.2, 0.25) is 0 Å². The molecule has 1 aliphatic heterocycles. The molecule has 9 nitrogen and oxygen atoms in total. The molecule has 1 amide bonds. The number of carbonyl (C=O) groups excluding carboxylic acids is 1. The molecule has 12 heteroatoms. The van der Waals surface area contributed by atoms with E-state index in [1.165, 1.54) is 25.9 Å². The summed E-state index contributed by atoms with van der Waals surface area (Å²) in [6, 6.07) is 7.94. The molecule has 1 aromatic carbocycles. The number of hydrogen-bond acceptors (Lipinski definition) is 8. The zero-order valence-electron chi connectivity index (χ0n) is 22.3. The van der Waals surface area contributed by atoms with Crippen LogP contribution in [0.15, 0.2) is 47.3 Å². The molecule has 3 heterocycles. The van der Waals surface area contributed by atoms with E-state index < -0.39 is 18.1 Å². The number of piperidine rings is 1. The van der Waals surface area contributed by atoms with Crippen molar-refractivity contribution >= 4 is 23.5 Å². The maximum Gasteiger partial charge on any atom is 0.451 e. The fourth-order valence-electron chi connectivity index (χ4n) is 5.78. The lowest BCUT2D eigenvalue weighted by molar-refractivity contribution is -0.145. The molecular formula is C28H33F3N6O3. The molecule has 214 valence electrons. The highest BCUT2D eigenvalue weighted by molar-refractivity contribution is 5.85. The number of anilines is 3. The molecule has 0 unspecified atom stereocenters. The van der Waals surface area contributed by atoms with E-state index >= 15 is 0 Å². The number of ether oxygens (including phenoxy) is 1. The van der Waals surface area contributed by atoms with Gasteiger partial charge in [-0.2, -0.15) is 13.2 Å². The largest absolute Gasteiger partial charge is 0.453 e. The maximum atomic E-state index is 12.9. The second-order valence-corrected chi connectivity index (χ2v) is 10.5. The molecule has 5 rings (SSSR count). The number of hydrogen-bond donors (Lipinski definition) is 2. The molecule has 0 bridgehead atoms. The summed E-state index contributed by atoms with van der Waals surface area (Å²) < 4.78 is 49.3. The summed E-state index contributed by atoms with van der Waals surface area (Å²) in [5.74, 6) is 0.338. The van der Waals surface area contributed by atoms with Crippen LogP contribution in [0.3, 0.4) is 0 Å². The van der Waals surface area contributed by atoms with Gasteiger partial charge in [0, 0.05) is 30.4 Å². The number of halogens is 3. The Hall–Kier alpha value is -3.83. The minimum absolute atomic E-state index is 0.220. The summed E-state index contributed by atoms with van der Waals surface area (Å²) in [4.78, 5) is 25.2. The van der Waals surface area contributed by atoms with Crippen molar-refractivity contribution in [1.82, 2.24) is 15.0 Å². The molecular weight excluding hydrogens is 525 g/mol. The Morgan fingerprint density at radius 2 is 1.90 bits per heavy atom. The van der Waals surface area contributed by atoms with E-state index in [9.17, 15) is 18.0 Å². The van der Waals surface area contributed by atoms with Gasteiger partial charge in [0.05, 0.1) is 31.4 Å². The lowest BCUT2D eigenvalue weighted by Crippen LogP contribution is -2.39. The molecule has 1 saturated heterocycles. The average molecular weight is 559 g/mol. The van der Waals surface area contributed by atoms with E-state index in [1.807, 2.05) is 12.1 Å². The first-order valence-corrected chi connectivity index (χ1v) is 13.6. The Balaban J connectivity index is 1.20. The van der Waals surface area contributed by atoms with Crippen LogP contribution in [0.25, 0.3) is 11.3 Å². The van der Waals surface area contributed by atoms with Crippen LogP contribution >= 0.6 is 0 Å². The number of carbonyl (C=O) groups is 1. The van der Waals surface area contributed by atoms with Crippen molar-refractivity contribution in [3.8, 4) is 11.3 Å². The first kappa shape index (κ1) is 27.7. The van der Waals surface area contributed by atoms with Crippen molar-refractivity contribution in [2.75, 3.05) is 35.7 Å². The number of benzene rings is 1. The SMILES string of the molecule is COC(=O)Nc1cccc(-c2cnc(N[C@@H]3CCCC[C@H]3C[C@H]3CCCN(c4cnc(C(F)(F)F)nc4)C3)o2)c1. The van der Waals surface area contributed by atoms with Crippen LogP contribution in [-0.2, 0) is 10.9 Å². The van der Waals surface area contributed by atoms with Crippen LogP contribution in [0, 0.1) is 11.8 Å². The number of aromatic nitrogens is 3. The summed E-state index contributed by atoms with van der Waals surface area (Å²) in [5.41, 5.74) is 2.00. The first-order valence-electron chi connectivity index (χ1n) is 13.6. The number of oxazole rings is 1. The normalized spacial score (nSPS) is 21.6. The molecule has 3 aromatic rings. The fourth-order valence-corrected chi connectivity index (χ4v) is 5.78. The third-order valence-corrected chi connectivity index (χ3v) is 7.71. The number of nitrogens with zero attached hydrogens (tertiary/aromatic N) is 4. The Morgan fingerprint density at radius 1 is 1.10 bits per heavy atom. The van der Waals surface area contributed by atoms with Crippen molar-refractivity contribution in [2.45, 2.75) is 57.2 Å². The van der Waals surface area contributed by atoms with Gasteiger partial charge in [0.1, 0.15) is 0 Å². The summed E-state index contributed by atoms with van der Waals surface area (Å²) in [7, 11) is 1.31. The van der Waals surface area contributed by atoms with Crippen LogP contribution < -0.4 is 15.5 Å². The van der Waals surface area contributed by atoms with Gasteiger partial charge in [-0.25, -0.2) is 19.7 Å². The smallest absolute Gasteiger partial charge is 0.451 e. The molecule has 1 saturated carbocycles.